The third kappa shape index (κ3) is 3.09. The fraction of sp³-hybridized carbons (Fsp3) is 0.471. The van der Waals surface area contributed by atoms with Crippen LogP contribution in [0.1, 0.15) is 18.4 Å². The van der Waals surface area contributed by atoms with E-state index in [1.165, 1.54) is 12.4 Å². The topological polar surface area (TPSA) is 60.4 Å². The second kappa shape index (κ2) is 6.78. The minimum atomic E-state index is -0.423. The van der Waals surface area contributed by atoms with E-state index in [4.69, 9.17) is 9.47 Å². The molecule has 0 bridgehead atoms. The van der Waals surface area contributed by atoms with Gasteiger partial charge in [-0.05, 0) is 24.5 Å². The van der Waals surface area contributed by atoms with Crippen LogP contribution in [0.3, 0.4) is 0 Å². The van der Waals surface area contributed by atoms with Crippen LogP contribution in [0.2, 0.25) is 0 Å². The monoisotopic (exact) mass is 330 g/mol. The van der Waals surface area contributed by atoms with E-state index in [1.54, 1.807) is 6.20 Å². The molecule has 0 radical (unpaired) electrons. The molecule has 2 aliphatic rings. The molecule has 7 heteroatoms. The first-order valence-corrected chi connectivity index (χ1v) is 8.17. The Balaban J connectivity index is 1.43. The smallest absolute Gasteiger partial charge is 0.225 e. The number of anilines is 1. The van der Waals surface area contributed by atoms with Crippen LogP contribution in [-0.2, 0) is 16.1 Å². The molecule has 4 rings (SSSR count). The average molecular weight is 330 g/mol. The van der Waals surface area contributed by atoms with Crippen LogP contribution < -0.4 is 4.90 Å². The molecule has 6 nitrogen and oxygen atoms in total. The van der Waals surface area contributed by atoms with Gasteiger partial charge in [0.05, 0.1) is 37.8 Å². The Morgan fingerprint density at radius 3 is 2.92 bits per heavy atom. The highest BCUT2D eigenvalue weighted by atomic mass is 19.1. The van der Waals surface area contributed by atoms with Crippen molar-refractivity contribution in [2.45, 2.75) is 37.7 Å². The van der Waals surface area contributed by atoms with Crippen molar-refractivity contribution >= 4 is 5.95 Å². The standard InChI is InChI=1S/C17H19FN4O2/c18-13-9-20-17(21-10-13)22-6-7-23-16-14(22)3-4-15(16)24-11-12-2-1-5-19-8-12/h1-2,5,8-10,14-16H,3-4,6-7,11H2/t14-,15+,16+/m0/s1. The van der Waals surface area contributed by atoms with Crippen molar-refractivity contribution in [2.24, 2.45) is 0 Å². The summed E-state index contributed by atoms with van der Waals surface area (Å²) in [5.74, 6) is 0.135. The lowest BCUT2D eigenvalue weighted by molar-refractivity contribution is -0.0773. The van der Waals surface area contributed by atoms with Crippen molar-refractivity contribution in [3.8, 4) is 0 Å². The molecule has 1 saturated heterocycles. The molecule has 0 spiro atoms. The number of morpholine rings is 1. The number of hydrogen-bond donors (Lipinski definition) is 0. The minimum Gasteiger partial charge on any atom is -0.372 e. The number of hydrogen-bond acceptors (Lipinski definition) is 6. The Bertz CT molecular complexity index is 670. The van der Waals surface area contributed by atoms with Gasteiger partial charge in [0.25, 0.3) is 0 Å². The van der Waals surface area contributed by atoms with Crippen LogP contribution in [0.25, 0.3) is 0 Å². The highest BCUT2D eigenvalue weighted by Crippen LogP contribution is 2.34. The molecule has 0 unspecified atom stereocenters. The molecule has 24 heavy (non-hydrogen) atoms. The van der Waals surface area contributed by atoms with Gasteiger partial charge >= 0.3 is 0 Å². The molecule has 3 atom stereocenters. The first-order chi connectivity index (χ1) is 11.8. The number of fused-ring (bicyclic) bond motifs is 1. The minimum absolute atomic E-state index is 0.0101. The summed E-state index contributed by atoms with van der Waals surface area (Å²) in [5, 5.41) is 0. The second-order valence-electron chi connectivity index (χ2n) is 6.09. The summed E-state index contributed by atoms with van der Waals surface area (Å²) in [5.41, 5.74) is 1.05. The third-order valence-electron chi connectivity index (χ3n) is 4.59. The summed E-state index contributed by atoms with van der Waals surface area (Å²) in [6, 6.07) is 4.07. The summed E-state index contributed by atoms with van der Waals surface area (Å²) in [4.78, 5) is 14.4. The number of nitrogens with zero attached hydrogens (tertiary/aromatic N) is 4. The van der Waals surface area contributed by atoms with Gasteiger partial charge in [0.1, 0.15) is 6.10 Å². The van der Waals surface area contributed by atoms with Crippen LogP contribution in [0.4, 0.5) is 10.3 Å². The molecule has 2 fully saturated rings. The quantitative estimate of drug-likeness (QED) is 0.854. The third-order valence-corrected chi connectivity index (χ3v) is 4.59. The Morgan fingerprint density at radius 1 is 1.25 bits per heavy atom. The molecule has 2 aromatic heterocycles. The van der Waals surface area contributed by atoms with E-state index in [-0.39, 0.29) is 18.2 Å². The van der Waals surface area contributed by atoms with Gasteiger partial charge in [0.2, 0.25) is 5.95 Å². The second-order valence-corrected chi connectivity index (χ2v) is 6.09. The van der Waals surface area contributed by atoms with Crippen molar-refractivity contribution in [1.29, 1.82) is 0 Å². The first-order valence-electron chi connectivity index (χ1n) is 8.17. The van der Waals surface area contributed by atoms with Crippen molar-refractivity contribution in [1.82, 2.24) is 15.0 Å². The first kappa shape index (κ1) is 15.4. The lowest BCUT2D eigenvalue weighted by Crippen LogP contribution is -2.52. The van der Waals surface area contributed by atoms with Crippen LogP contribution in [0.15, 0.2) is 36.9 Å². The summed E-state index contributed by atoms with van der Waals surface area (Å²) in [6.07, 6.45) is 7.88. The Hall–Kier alpha value is -2.12. The van der Waals surface area contributed by atoms with Crippen molar-refractivity contribution in [2.75, 3.05) is 18.1 Å². The highest BCUT2D eigenvalue weighted by Gasteiger charge is 2.44. The number of halogens is 1. The zero-order valence-electron chi connectivity index (χ0n) is 13.2. The van der Waals surface area contributed by atoms with E-state index >= 15 is 0 Å². The molecule has 0 amide bonds. The normalized spacial score (nSPS) is 26.4. The van der Waals surface area contributed by atoms with Crippen molar-refractivity contribution in [3.63, 3.8) is 0 Å². The largest absolute Gasteiger partial charge is 0.372 e. The summed E-state index contributed by atoms with van der Waals surface area (Å²) in [7, 11) is 0. The Morgan fingerprint density at radius 2 is 2.12 bits per heavy atom. The average Bonchev–Trinajstić information content (AvgIpc) is 3.05. The van der Waals surface area contributed by atoms with Gasteiger partial charge in [0.15, 0.2) is 5.82 Å². The molecule has 1 saturated carbocycles. The van der Waals surface area contributed by atoms with E-state index < -0.39 is 5.82 Å². The molecular formula is C17H19FN4O2. The fourth-order valence-electron chi connectivity index (χ4n) is 3.48. The number of aromatic nitrogens is 3. The Labute approximate surface area is 139 Å². The summed E-state index contributed by atoms with van der Waals surface area (Å²) in [6.45, 7) is 1.83. The molecule has 3 heterocycles. The summed E-state index contributed by atoms with van der Waals surface area (Å²) < 4.78 is 25.1. The number of rotatable bonds is 4. The maximum atomic E-state index is 13.1. The van der Waals surface area contributed by atoms with Gasteiger partial charge in [-0.1, -0.05) is 6.07 Å². The van der Waals surface area contributed by atoms with Gasteiger partial charge in [-0.25, -0.2) is 14.4 Å². The van der Waals surface area contributed by atoms with Gasteiger partial charge in [-0.2, -0.15) is 0 Å². The maximum absolute atomic E-state index is 13.1. The molecular weight excluding hydrogens is 311 g/mol. The number of pyridine rings is 1. The lowest BCUT2D eigenvalue weighted by Gasteiger charge is -2.39. The molecule has 126 valence electrons. The molecule has 0 N–H and O–H groups in total. The van der Waals surface area contributed by atoms with Gasteiger partial charge < -0.3 is 14.4 Å². The summed E-state index contributed by atoms with van der Waals surface area (Å²) >= 11 is 0. The molecule has 2 aromatic rings. The van der Waals surface area contributed by atoms with Crippen LogP contribution in [0.5, 0.6) is 0 Å². The van der Waals surface area contributed by atoms with Gasteiger partial charge in [-0.3, -0.25) is 4.98 Å². The van der Waals surface area contributed by atoms with E-state index in [9.17, 15) is 4.39 Å². The van der Waals surface area contributed by atoms with Crippen LogP contribution in [0, 0.1) is 5.82 Å². The fourth-order valence-corrected chi connectivity index (χ4v) is 3.48. The zero-order valence-corrected chi connectivity index (χ0v) is 13.2. The molecule has 1 aliphatic heterocycles. The van der Waals surface area contributed by atoms with E-state index in [2.05, 4.69) is 19.9 Å². The maximum Gasteiger partial charge on any atom is 0.225 e. The van der Waals surface area contributed by atoms with Crippen molar-refractivity contribution in [3.05, 3.63) is 48.3 Å². The van der Waals surface area contributed by atoms with Crippen LogP contribution in [-0.4, -0.2) is 46.4 Å². The SMILES string of the molecule is Fc1cnc(N2CCO[C@H]3[C@H](OCc4cccnc4)CC[C@@H]32)nc1. The number of ether oxygens (including phenoxy) is 2. The van der Waals surface area contributed by atoms with E-state index in [1.807, 2.05) is 18.3 Å². The van der Waals surface area contributed by atoms with E-state index in [0.717, 1.165) is 18.4 Å². The van der Waals surface area contributed by atoms with Crippen LogP contribution >= 0.6 is 0 Å². The Kier molecular flexibility index (Phi) is 4.36. The predicted octanol–water partition coefficient (Wildman–Crippen LogP) is 1.96. The lowest BCUT2D eigenvalue weighted by atomic mass is 10.1. The predicted molar refractivity (Wildman–Crippen MR) is 84.9 cm³/mol. The van der Waals surface area contributed by atoms with E-state index in [0.29, 0.717) is 25.7 Å². The molecule has 1 aliphatic carbocycles. The van der Waals surface area contributed by atoms with Crippen molar-refractivity contribution < 1.29 is 13.9 Å². The zero-order chi connectivity index (χ0) is 16.4. The highest BCUT2D eigenvalue weighted by molar-refractivity contribution is 5.33. The molecule has 0 aromatic carbocycles. The van der Waals surface area contributed by atoms with Gasteiger partial charge in [0, 0.05) is 18.9 Å². The van der Waals surface area contributed by atoms with Gasteiger partial charge in [-0.15, -0.1) is 0 Å².